The number of carbonyl (C=O) groups excluding carboxylic acids is 2. The molecule has 1 aliphatic carbocycles. The Morgan fingerprint density at radius 3 is 2.68 bits per heavy atom. The molecule has 5 nitrogen and oxygen atoms in total. The summed E-state index contributed by atoms with van der Waals surface area (Å²) < 4.78 is 0. The Balaban J connectivity index is 1.71. The summed E-state index contributed by atoms with van der Waals surface area (Å²) in [7, 11) is 0. The molecule has 2 rings (SSSR count). The van der Waals surface area contributed by atoms with Gasteiger partial charge in [0.25, 0.3) is 0 Å². The van der Waals surface area contributed by atoms with Crippen molar-refractivity contribution in [3.8, 4) is 0 Å². The molecule has 2 aliphatic rings. The molecule has 0 aromatic rings. The van der Waals surface area contributed by atoms with Crippen LogP contribution >= 0.6 is 0 Å². The van der Waals surface area contributed by atoms with Gasteiger partial charge in [-0.25, -0.2) is 4.79 Å². The summed E-state index contributed by atoms with van der Waals surface area (Å²) in [6.07, 6.45) is 8.62. The van der Waals surface area contributed by atoms with Crippen molar-refractivity contribution in [1.29, 1.82) is 0 Å². The van der Waals surface area contributed by atoms with Gasteiger partial charge in [-0.1, -0.05) is 19.1 Å². The molecular weight excluding hydrogens is 242 g/mol. The molecule has 0 radical (unpaired) electrons. The number of likely N-dealkylation sites (tertiary alicyclic amines) is 1. The van der Waals surface area contributed by atoms with E-state index in [9.17, 15) is 9.59 Å². The maximum Gasteiger partial charge on any atom is 0.315 e. The van der Waals surface area contributed by atoms with Gasteiger partial charge in [0.05, 0.1) is 0 Å². The van der Waals surface area contributed by atoms with Crippen molar-refractivity contribution in [2.24, 2.45) is 0 Å². The zero-order valence-corrected chi connectivity index (χ0v) is 11.5. The molecule has 5 heteroatoms. The van der Waals surface area contributed by atoms with Crippen LogP contribution in [0.25, 0.3) is 0 Å². The lowest BCUT2D eigenvalue weighted by Gasteiger charge is -2.21. The molecular formula is C14H23N3O2. The molecule has 0 bridgehead atoms. The van der Waals surface area contributed by atoms with Crippen LogP contribution in [0.5, 0.6) is 0 Å². The quantitative estimate of drug-likeness (QED) is 0.758. The van der Waals surface area contributed by atoms with Crippen molar-refractivity contribution in [3.05, 3.63) is 12.2 Å². The molecule has 3 amide bonds. The maximum atomic E-state index is 11.9. The van der Waals surface area contributed by atoms with Crippen LogP contribution in [-0.4, -0.2) is 42.0 Å². The van der Waals surface area contributed by atoms with Gasteiger partial charge < -0.3 is 15.5 Å². The van der Waals surface area contributed by atoms with E-state index in [0.29, 0.717) is 13.0 Å². The molecule has 0 aromatic carbocycles. The van der Waals surface area contributed by atoms with Gasteiger partial charge in [-0.2, -0.15) is 0 Å². The topological polar surface area (TPSA) is 61.4 Å². The molecule has 1 saturated heterocycles. The summed E-state index contributed by atoms with van der Waals surface area (Å²) in [6.45, 7) is 3.26. The fraction of sp³-hybridized carbons (Fsp3) is 0.714. The van der Waals surface area contributed by atoms with E-state index >= 15 is 0 Å². The minimum absolute atomic E-state index is 0.0923. The molecule has 2 atom stereocenters. The number of urea groups is 1. The summed E-state index contributed by atoms with van der Waals surface area (Å²) in [4.78, 5) is 25.2. The Morgan fingerprint density at radius 1 is 1.21 bits per heavy atom. The molecule has 106 valence electrons. The van der Waals surface area contributed by atoms with E-state index in [4.69, 9.17) is 0 Å². The average Bonchev–Trinajstić information content (AvgIpc) is 2.87. The van der Waals surface area contributed by atoms with Gasteiger partial charge >= 0.3 is 6.03 Å². The van der Waals surface area contributed by atoms with Crippen LogP contribution in [0.2, 0.25) is 0 Å². The van der Waals surface area contributed by atoms with Crippen LogP contribution < -0.4 is 10.6 Å². The Bertz CT molecular complexity index is 368. The van der Waals surface area contributed by atoms with E-state index in [2.05, 4.69) is 22.8 Å². The zero-order chi connectivity index (χ0) is 13.7. The van der Waals surface area contributed by atoms with Crippen LogP contribution in [0.1, 0.15) is 39.0 Å². The summed E-state index contributed by atoms with van der Waals surface area (Å²) in [5, 5.41) is 5.97. The summed E-state index contributed by atoms with van der Waals surface area (Å²) in [6, 6.07) is 0.241. The van der Waals surface area contributed by atoms with E-state index in [1.165, 1.54) is 0 Å². The highest BCUT2D eigenvalue weighted by Crippen LogP contribution is 2.12. The van der Waals surface area contributed by atoms with Crippen molar-refractivity contribution in [2.75, 3.05) is 13.1 Å². The van der Waals surface area contributed by atoms with Crippen molar-refractivity contribution in [1.82, 2.24) is 15.5 Å². The Kier molecular flexibility index (Phi) is 4.82. The number of hydrogen-bond acceptors (Lipinski definition) is 2. The fourth-order valence-corrected chi connectivity index (χ4v) is 2.67. The van der Waals surface area contributed by atoms with Crippen LogP contribution in [0.3, 0.4) is 0 Å². The number of nitrogens with zero attached hydrogens (tertiary/aromatic N) is 1. The molecule has 1 fully saturated rings. The number of carbonyl (C=O) groups is 2. The van der Waals surface area contributed by atoms with E-state index in [0.717, 1.165) is 32.2 Å². The molecule has 0 unspecified atom stereocenters. The van der Waals surface area contributed by atoms with Gasteiger partial charge in [-0.15, -0.1) is 0 Å². The SMILES string of the molecule is CCC(=O)N1CC[C@H](NC(=O)N[C@H]2CC=CCC2)C1. The van der Waals surface area contributed by atoms with E-state index in [-0.39, 0.29) is 24.0 Å². The Hall–Kier alpha value is -1.52. The van der Waals surface area contributed by atoms with E-state index in [1.807, 2.05) is 11.8 Å². The normalized spacial score (nSPS) is 26.3. The number of allylic oxidation sites excluding steroid dienone is 1. The van der Waals surface area contributed by atoms with Crippen molar-refractivity contribution in [3.63, 3.8) is 0 Å². The molecule has 0 aromatic heterocycles. The second-order valence-electron chi connectivity index (χ2n) is 5.28. The third-order valence-electron chi connectivity index (χ3n) is 3.78. The first kappa shape index (κ1) is 13.9. The third kappa shape index (κ3) is 3.98. The Morgan fingerprint density at radius 2 is 2.00 bits per heavy atom. The van der Waals surface area contributed by atoms with Crippen LogP contribution in [0, 0.1) is 0 Å². The maximum absolute atomic E-state index is 11.9. The summed E-state index contributed by atoms with van der Waals surface area (Å²) in [5.41, 5.74) is 0. The van der Waals surface area contributed by atoms with Crippen LogP contribution in [0.15, 0.2) is 12.2 Å². The summed E-state index contributed by atoms with van der Waals surface area (Å²) in [5.74, 6) is 0.169. The van der Waals surface area contributed by atoms with Crippen molar-refractivity contribution in [2.45, 2.75) is 51.1 Å². The lowest BCUT2D eigenvalue weighted by molar-refractivity contribution is -0.129. The molecule has 0 saturated carbocycles. The number of rotatable bonds is 3. The predicted octanol–water partition coefficient (Wildman–Crippen LogP) is 1.41. The van der Waals surface area contributed by atoms with Gasteiger partial charge in [0.15, 0.2) is 0 Å². The van der Waals surface area contributed by atoms with Crippen molar-refractivity contribution >= 4 is 11.9 Å². The first-order valence-corrected chi connectivity index (χ1v) is 7.19. The van der Waals surface area contributed by atoms with Gasteiger partial charge in [-0.3, -0.25) is 4.79 Å². The lowest BCUT2D eigenvalue weighted by Crippen LogP contribution is -2.47. The van der Waals surface area contributed by atoms with Gasteiger partial charge in [0.2, 0.25) is 5.91 Å². The minimum Gasteiger partial charge on any atom is -0.341 e. The number of amides is 3. The molecule has 1 heterocycles. The highest BCUT2D eigenvalue weighted by atomic mass is 16.2. The fourth-order valence-electron chi connectivity index (χ4n) is 2.67. The van der Waals surface area contributed by atoms with Crippen LogP contribution in [-0.2, 0) is 4.79 Å². The highest BCUT2D eigenvalue weighted by molar-refractivity contribution is 5.77. The molecule has 1 aliphatic heterocycles. The molecule has 0 spiro atoms. The minimum atomic E-state index is -0.101. The second-order valence-corrected chi connectivity index (χ2v) is 5.28. The van der Waals surface area contributed by atoms with Crippen molar-refractivity contribution < 1.29 is 9.59 Å². The monoisotopic (exact) mass is 265 g/mol. The largest absolute Gasteiger partial charge is 0.341 e. The molecule has 2 N–H and O–H groups in total. The van der Waals surface area contributed by atoms with Gasteiger partial charge in [0, 0.05) is 31.6 Å². The second kappa shape index (κ2) is 6.59. The predicted molar refractivity (Wildman–Crippen MR) is 73.7 cm³/mol. The van der Waals surface area contributed by atoms with Gasteiger partial charge in [0.1, 0.15) is 0 Å². The highest BCUT2D eigenvalue weighted by Gasteiger charge is 2.26. The summed E-state index contributed by atoms with van der Waals surface area (Å²) >= 11 is 0. The van der Waals surface area contributed by atoms with Crippen LogP contribution in [0.4, 0.5) is 4.79 Å². The Labute approximate surface area is 114 Å². The lowest BCUT2D eigenvalue weighted by atomic mass is 10.0. The number of hydrogen-bond donors (Lipinski definition) is 2. The van der Waals surface area contributed by atoms with Gasteiger partial charge in [-0.05, 0) is 25.7 Å². The van der Waals surface area contributed by atoms with E-state index < -0.39 is 0 Å². The first-order valence-electron chi connectivity index (χ1n) is 7.19. The zero-order valence-electron chi connectivity index (χ0n) is 11.5. The third-order valence-corrected chi connectivity index (χ3v) is 3.78. The number of nitrogens with one attached hydrogen (secondary N) is 2. The van der Waals surface area contributed by atoms with E-state index in [1.54, 1.807) is 0 Å². The standard InChI is InChI=1S/C14H23N3O2/c1-2-13(18)17-9-8-12(10-17)16-14(19)15-11-6-4-3-5-7-11/h3-4,11-12H,2,5-10H2,1H3,(H2,15,16,19)/t11-,12-/m0/s1. The smallest absolute Gasteiger partial charge is 0.315 e. The average molecular weight is 265 g/mol. The molecule has 19 heavy (non-hydrogen) atoms. The first-order chi connectivity index (χ1) is 9.19.